The molecule has 3 rings (SSSR count). The summed E-state index contributed by atoms with van der Waals surface area (Å²) in [4.78, 5) is 16.2. The van der Waals surface area contributed by atoms with Gasteiger partial charge in [-0.2, -0.15) is 4.98 Å². The number of nitrogens with one attached hydrogen (secondary N) is 1. The summed E-state index contributed by atoms with van der Waals surface area (Å²) < 4.78 is 10.7. The largest absolute Gasteiger partial charge is 0.484 e. The minimum absolute atomic E-state index is 0.111. The molecule has 0 aliphatic heterocycles. The molecule has 1 heterocycles. The van der Waals surface area contributed by atoms with Crippen LogP contribution in [0.1, 0.15) is 17.0 Å². The number of halogens is 1. The van der Waals surface area contributed by atoms with Crippen molar-refractivity contribution in [3.8, 4) is 17.1 Å². The van der Waals surface area contributed by atoms with Gasteiger partial charge in [0.2, 0.25) is 11.7 Å². The van der Waals surface area contributed by atoms with Gasteiger partial charge >= 0.3 is 0 Å². The Morgan fingerprint density at radius 2 is 1.88 bits per heavy atom. The SMILES string of the molecule is Cc1cc(OCC(=O)NCc2nc(-c3ccccc3)no2)cc(C)c1Cl. The van der Waals surface area contributed by atoms with Gasteiger partial charge < -0.3 is 14.6 Å². The number of amides is 1. The Balaban J connectivity index is 1.51. The van der Waals surface area contributed by atoms with Gasteiger partial charge in [-0.3, -0.25) is 4.79 Å². The highest BCUT2D eigenvalue weighted by Crippen LogP contribution is 2.25. The first-order valence-corrected chi connectivity index (χ1v) is 8.45. The summed E-state index contributed by atoms with van der Waals surface area (Å²) in [6, 6.07) is 13.1. The van der Waals surface area contributed by atoms with E-state index in [1.54, 1.807) is 12.1 Å². The van der Waals surface area contributed by atoms with Crippen LogP contribution in [0.15, 0.2) is 47.0 Å². The van der Waals surface area contributed by atoms with Crippen molar-refractivity contribution in [2.24, 2.45) is 0 Å². The number of hydrogen-bond acceptors (Lipinski definition) is 5. The quantitative estimate of drug-likeness (QED) is 0.714. The van der Waals surface area contributed by atoms with Gasteiger partial charge in [0.1, 0.15) is 5.75 Å². The van der Waals surface area contributed by atoms with Crippen LogP contribution in [0, 0.1) is 13.8 Å². The molecule has 0 saturated heterocycles. The number of carbonyl (C=O) groups is 1. The molecule has 0 bridgehead atoms. The van der Waals surface area contributed by atoms with Crippen LogP contribution in [0.3, 0.4) is 0 Å². The zero-order valence-corrected chi connectivity index (χ0v) is 15.2. The normalized spacial score (nSPS) is 10.6. The van der Waals surface area contributed by atoms with Gasteiger partial charge in [-0.15, -0.1) is 0 Å². The number of hydrogen-bond donors (Lipinski definition) is 1. The maximum Gasteiger partial charge on any atom is 0.258 e. The smallest absolute Gasteiger partial charge is 0.258 e. The van der Waals surface area contributed by atoms with Crippen molar-refractivity contribution < 1.29 is 14.1 Å². The molecule has 7 heteroatoms. The summed E-state index contributed by atoms with van der Waals surface area (Å²) in [6.07, 6.45) is 0. The first-order chi connectivity index (χ1) is 12.5. The van der Waals surface area contributed by atoms with Crippen molar-refractivity contribution in [3.63, 3.8) is 0 Å². The average molecular weight is 372 g/mol. The number of aromatic nitrogens is 2. The second-order valence-electron chi connectivity index (χ2n) is 5.81. The average Bonchev–Trinajstić information content (AvgIpc) is 3.12. The molecule has 0 radical (unpaired) electrons. The molecule has 6 nitrogen and oxygen atoms in total. The topological polar surface area (TPSA) is 77.2 Å². The van der Waals surface area contributed by atoms with E-state index in [0.29, 0.717) is 22.5 Å². The highest BCUT2D eigenvalue weighted by molar-refractivity contribution is 6.32. The first kappa shape index (κ1) is 17.9. The third kappa shape index (κ3) is 4.40. The van der Waals surface area contributed by atoms with E-state index in [2.05, 4.69) is 15.5 Å². The van der Waals surface area contributed by atoms with E-state index in [1.807, 2.05) is 44.2 Å². The van der Waals surface area contributed by atoms with E-state index in [0.717, 1.165) is 16.7 Å². The maximum absolute atomic E-state index is 12.0. The molecule has 0 saturated carbocycles. The van der Waals surface area contributed by atoms with E-state index in [1.165, 1.54) is 0 Å². The molecule has 134 valence electrons. The monoisotopic (exact) mass is 371 g/mol. The molecule has 3 aromatic rings. The molecule has 0 aliphatic rings. The number of benzene rings is 2. The highest BCUT2D eigenvalue weighted by atomic mass is 35.5. The van der Waals surface area contributed by atoms with Crippen LogP contribution in [0.2, 0.25) is 5.02 Å². The molecule has 0 unspecified atom stereocenters. The molecule has 0 fully saturated rings. The van der Waals surface area contributed by atoms with Crippen molar-refractivity contribution in [1.82, 2.24) is 15.5 Å². The fourth-order valence-electron chi connectivity index (χ4n) is 2.39. The van der Waals surface area contributed by atoms with Gasteiger partial charge in [-0.25, -0.2) is 0 Å². The van der Waals surface area contributed by atoms with Crippen molar-refractivity contribution in [2.45, 2.75) is 20.4 Å². The molecule has 1 amide bonds. The van der Waals surface area contributed by atoms with Crippen LogP contribution in [-0.2, 0) is 11.3 Å². The lowest BCUT2D eigenvalue weighted by Crippen LogP contribution is -2.28. The Labute approximate surface area is 156 Å². The van der Waals surface area contributed by atoms with E-state index in [4.69, 9.17) is 20.9 Å². The third-order valence-corrected chi connectivity index (χ3v) is 4.31. The van der Waals surface area contributed by atoms with Gasteiger partial charge in [0.25, 0.3) is 5.91 Å². The maximum atomic E-state index is 12.0. The van der Waals surface area contributed by atoms with Gasteiger partial charge in [-0.1, -0.05) is 47.1 Å². The van der Waals surface area contributed by atoms with Crippen LogP contribution in [-0.4, -0.2) is 22.7 Å². The predicted octanol–water partition coefficient (Wildman–Crippen LogP) is 3.70. The van der Waals surface area contributed by atoms with E-state index in [9.17, 15) is 4.79 Å². The fraction of sp³-hybridized carbons (Fsp3) is 0.211. The fourth-order valence-corrected chi connectivity index (χ4v) is 2.50. The molecular formula is C19H18ClN3O3. The molecule has 1 N–H and O–H groups in total. The van der Waals surface area contributed by atoms with Gasteiger partial charge in [0.05, 0.1) is 6.54 Å². The number of ether oxygens (including phenoxy) is 1. The van der Waals surface area contributed by atoms with Gasteiger partial charge in [-0.05, 0) is 37.1 Å². The predicted molar refractivity (Wildman–Crippen MR) is 98.0 cm³/mol. The summed E-state index contributed by atoms with van der Waals surface area (Å²) in [5.41, 5.74) is 2.66. The third-order valence-electron chi connectivity index (χ3n) is 3.72. The molecule has 0 atom stereocenters. The Hall–Kier alpha value is -2.86. The van der Waals surface area contributed by atoms with Crippen molar-refractivity contribution in [2.75, 3.05) is 6.61 Å². The van der Waals surface area contributed by atoms with Crippen molar-refractivity contribution in [3.05, 3.63) is 64.5 Å². The summed E-state index contributed by atoms with van der Waals surface area (Å²) in [5, 5.41) is 7.29. The van der Waals surface area contributed by atoms with E-state index >= 15 is 0 Å². The number of nitrogens with zero attached hydrogens (tertiary/aromatic N) is 2. The van der Waals surface area contributed by atoms with Gasteiger partial charge in [0.15, 0.2) is 6.61 Å². The lowest BCUT2D eigenvalue weighted by molar-refractivity contribution is -0.123. The Kier molecular flexibility index (Phi) is 5.53. The summed E-state index contributed by atoms with van der Waals surface area (Å²) in [7, 11) is 0. The summed E-state index contributed by atoms with van der Waals surface area (Å²) in [5.74, 6) is 1.13. The Morgan fingerprint density at radius 3 is 2.58 bits per heavy atom. The van der Waals surface area contributed by atoms with Crippen molar-refractivity contribution in [1.29, 1.82) is 0 Å². The molecule has 0 spiro atoms. The number of aryl methyl sites for hydroxylation is 2. The Morgan fingerprint density at radius 1 is 1.19 bits per heavy atom. The van der Waals surface area contributed by atoms with Crippen molar-refractivity contribution >= 4 is 17.5 Å². The van der Waals surface area contributed by atoms with Crippen LogP contribution in [0.25, 0.3) is 11.4 Å². The van der Waals surface area contributed by atoms with Gasteiger partial charge in [0, 0.05) is 10.6 Å². The lowest BCUT2D eigenvalue weighted by atomic mass is 10.1. The molecule has 0 aliphatic carbocycles. The second kappa shape index (κ2) is 8.01. The first-order valence-electron chi connectivity index (χ1n) is 8.07. The standard InChI is InChI=1S/C19H18ClN3O3/c1-12-8-15(9-13(2)18(12)20)25-11-16(24)21-10-17-22-19(23-26-17)14-6-4-3-5-7-14/h3-9H,10-11H2,1-2H3,(H,21,24). The molecular weight excluding hydrogens is 354 g/mol. The molecule has 2 aromatic carbocycles. The summed E-state index contributed by atoms with van der Waals surface area (Å²) >= 11 is 6.12. The molecule has 1 aromatic heterocycles. The second-order valence-corrected chi connectivity index (χ2v) is 6.19. The number of rotatable bonds is 6. The zero-order valence-electron chi connectivity index (χ0n) is 14.5. The minimum Gasteiger partial charge on any atom is -0.484 e. The zero-order chi connectivity index (χ0) is 18.5. The van der Waals surface area contributed by atoms with E-state index < -0.39 is 0 Å². The minimum atomic E-state index is -0.283. The highest BCUT2D eigenvalue weighted by Gasteiger charge is 2.10. The van der Waals surface area contributed by atoms with Crippen LogP contribution < -0.4 is 10.1 Å². The van der Waals surface area contributed by atoms with Crippen LogP contribution >= 0.6 is 11.6 Å². The van der Waals surface area contributed by atoms with E-state index in [-0.39, 0.29) is 19.1 Å². The van der Waals surface area contributed by atoms with Crippen LogP contribution in [0.5, 0.6) is 5.75 Å². The Bertz CT molecular complexity index is 886. The number of carbonyl (C=O) groups excluding carboxylic acids is 1. The summed E-state index contributed by atoms with van der Waals surface area (Å²) in [6.45, 7) is 3.81. The lowest BCUT2D eigenvalue weighted by Gasteiger charge is -2.09. The molecule has 26 heavy (non-hydrogen) atoms. The van der Waals surface area contributed by atoms with Crippen LogP contribution in [0.4, 0.5) is 0 Å².